The molecule has 5 heteroatoms. The van der Waals surface area contributed by atoms with Crippen LogP contribution in [0.15, 0.2) is 18.2 Å². The molecule has 0 fully saturated rings. The van der Waals surface area contributed by atoms with Crippen molar-refractivity contribution in [2.75, 3.05) is 13.2 Å². The number of hydrogen-bond donors (Lipinski definition) is 1. The monoisotopic (exact) mass is 283 g/mol. The van der Waals surface area contributed by atoms with Gasteiger partial charge in [0.15, 0.2) is 6.61 Å². The lowest BCUT2D eigenvalue weighted by atomic mass is 10.1. The molecule has 0 radical (unpaired) electrons. The summed E-state index contributed by atoms with van der Waals surface area (Å²) in [5.74, 6) is -0.505. The van der Waals surface area contributed by atoms with Crippen molar-refractivity contribution < 1.29 is 18.7 Å². The molecule has 0 aromatic heterocycles. The fourth-order valence-electron chi connectivity index (χ4n) is 1.80. The predicted molar refractivity (Wildman–Crippen MR) is 75.2 cm³/mol. The van der Waals surface area contributed by atoms with Gasteiger partial charge in [0.1, 0.15) is 11.6 Å². The maximum absolute atomic E-state index is 13.9. The van der Waals surface area contributed by atoms with Crippen molar-refractivity contribution in [3.05, 3.63) is 29.6 Å². The van der Waals surface area contributed by atoms with Gasteiger partial charge in [-0.3, -0.25) is 0 Å². The third-order valence-electron chi connectivity index (χ3n) is 2.67. The van der Waals surface area contributed by atoms with E-state index >= 15 is 0 Å². The Morgan fingerprint density at radius 3 is 2.60 bits per heavy atom. The Kier molecular flexibility index (Phi) is 6.45. The van der Waals surface area contributed by atoms with Gasteiger partial charge in [0.25, 0.3) is 0 Å². The lowest BCUT2D eigenvalue weighted by Gasteiger charge is -2.15. The van der Waals surface area contributed by atoms with Crippen molar-refractivity contribution in [1.82, 2.24) is 5.32 Å². The van der Waals surface area contributed by atoms with Crippen LogP contribution in [0.4, 0.5) is 4.39 Å². The van der Waals surface area contributed by atoms with Crippen LogP contribution >= 0.6 is 0 Å². The Morgan fingerprint density at radius 2 is 2.05 bits per heavy atom. The predicted octanol–water partition coefficient (Wildman–Crippen LogP) is 2.83. The number of ether oxygens (including phenoxy) is 2. The molecule has 0 spiro atoms. The molecule has 1 unspecified atom stereocenters. The molecule has 112 valence electrons. The molecule has 0 amide bonds. The van der Waals surface area contributed by atoms with Crippen molar-refractivity contribution in [3.8, 4) is 5.75 Å². The number of hydrogen-bond acceptors (Lipinski definition) is 4. The molecule has 0 heterocycles. The summed E-state index contributed by atoms with van der Waals surface area (Å²) in [6, 6.07) is 4.52. The minimum absolute atomic E-state index is 0.0695. The fraction of sp³-hybridized carbons (Fsp3) is 0.533. The molecule has 0 saturated heterocycles. The highest BCUT2D eigenvalue weighted by Crippen LogP contribution is 2.21. The van der Waals surface area contributed by atoms with Gasteiger partial charge in [-0.05, 0) is 33.4 Å². The zero-order valence-corrected chi connectivity index (χ0v) is 12.4. The first kappa shape index (κ1) is 16.4. The third-order valence-corrected chi connectivity index (χ3v) is 2.67. The van der Waals surface area contributed by atoms with E-state index < -0.39 is 5.97 Å². The summed E-state index contributed by atoms with van der Waals surface area (Å²) in [5.41, 5.74) is 0.573. The minimum atomic E-state index is -0.467. The number of nitrogens with one attached hydrogen (secondary N) is 1. The van der Waals surface area contributed by atoms with E-state index in [1.165, 1.54) is 6.07 Å². The van der Waals surface area contributed by atoms with Crippen molar-refractivity contribution >= 4 is 5.97 Å². The van der Waals surface area contributed by atoms with Crippen molar-refractivity contribution in [2.24, 2.45) is 0 Å². The Balaban J connectivity index is 2.61. The molecular weight excluding hydrogens is 261 g/mol. The molecule has 0 bridgehead atoms. The van der Waals surface area contributed by atoms with E-state index in [9.17, 15) is 9.18 Å². The molecule has 20 heavy (non-hydrogen) atoms. The summed E-state index contributed by atoms with van der Waals surface area (Å²) >= 11 is 0. The van der Waals surface area contributed by atoms with E-state index in [0.29, 0.717) is 11.3 Å². The third kappa shape index (κ3) is 5.17. The van der Waals surface area contributed by atoms with Gasteiger partial charge in [-0.2, -0.15) is 0 Å². The van der Waals surface area contributed by atoms with Gasteiger partial charge in [-0.15, -0.1) is 0 Å². The second-order valence-corrected chi connectivity index (χ2v) is 4.79. The summed E-state index contributed by atoms with van der Waals surface area (Å²) in [4.78, 5) is 11.3. The molecule has 1 N–H and O–H groups in total. The molecule has 0 aliphatic rings. The summed E-state index contributed by atoms with van der Waals surface area (Å²) in [5, 5.41) is 3.14. The average Bonchev–Trinajstić information content (AvgIpc) is 2.35. The molecule has 0 aliphatic carbocycles. The zero-order chi connectivity index (χ0) is 15.1. The summed E-state index contributed by atoms with van der Waals surface area (Å²) in [6.07, 6.45) is -0.189. The Hall–Kier alpha value is -1.62. The SMILES string of the molecule is CCNC(C)c1ccc(OCC(=O)OC(C)C)cc1F. The van der Waals surface area contributed by atoms with Gasteiger partial charge in [-0.25, -0.2) is 9.18 Å². The molecular formula is C15H22FNO3. The number of carbonyl (C=O) groups excluding carboxylic acids is 1. The first-order valence-corrected chi connectivity index (χ1v) is 6.79. The molecule has 1 rings (SSSR count). The van der Waals surface area contributed by atoms with Crippen LogP contribution in [-0.4, -0.2) is 25.2 Å². The Morgan fingerprint density at radius 1 is 1.35 bits per heavy atom. The van der Waals surface area contributed by atoms with Crippen LogP contribution in [0.2, 0.25) is 0 Å². The van der Waals surface area contributed by atoms with Crippen molar-refractivity contribution in [3.63, 3.8) is 0 Å². The quantitative estimate of drug-likeness (QED) is 0.782. The normalized spacial score (nSPS) is 12.3. The van der Waals surface area contributed by atoms with Gasteiger partial charge in [-0.1, -0.05) is 13.0 Å². The van der Waals surface area contributed by atoms with E-state index in [4.69, 9.17) is 9.47 Å². The van der Waals surface area contributed by atoms with Crippen LogP contribution in [0.3, 0.4) is 0 Å². The van der Waals surface area contributed by atoms with Crippen LogP contribution in [0.25, 0.3) is 0 Å². The highest BCUT2D eigenvalue weighted by Gasteiger charge is 2.12. The molecule has 1 aromatic carbocycles. The molecule has 1 atom stereocenters. The minimum Gasteiger partial charge on any atom is -0.482 e. The zero-order valence-electron chi connectivity index (χ0n) is 12.4. The van der Waals surface area contributed by atoms with Crippen LogP contribution in [0, 0.1) is 5.82 Å². The van der Waals surface area contributed by atoms with E-state index in [0.717, 1.165) is 6.54 Å². The fourth-order valence-corrected chi connectivity index (χ4v) is 1.80. The van der Waals surface area contributed by atoms with E-state index in [1.54, 1.807) is 26.0 Å². The average molecular weight is 283 g/mol. The number of halogens is 1. The van der Waals surface area contributed by atoms with Gasteiger partial charge >= 0.3 is 5.97 Å². The van der Waals surface area contributed by atoms with E-state index in [-0.39, 0.29) is 24.6 Å². The number of rotatable bonds is 7. The second-order valence-electron chi connectivity index (χ2n) is 4.79. The van der Waals surface area contributed by atoms with Gasteiger partial charge < -0.3 is 14.8 Å². The maximum Gasteiger partial charge on any atom is 0.344 e. The Bertz CT molecular complexity index is 449. The smallest absolute Gasteiger partial charge is 0.344 e. The van der Waals surface area contributed by atoms with Crippen molar-refractivity contribution in [1.29, 1.82) is 0 Å². The first-order valence-electron chi connectivity index (χ1n) is 6.79. The largest absolute Gasteiger partial charge is 0.482 e. The Labute approximate surface area is 119 Å². The van der Waals surface area contributed by atoms with Crippen LogP contribution in [0.5, 0.6) is 5.75 Å². The molecule has 0 saturated carbocycles. The lowest BCUT2D eigenvalue weighted by molar-refractivity contribution is -0.149. The van der Waals surface area contributed by atoms with Crippen LogP contribution < -0.4 is 10.1 Å². The van der Waals surface area contributed by atoms with Crippen LogP contribution in [0.1, 0.15) is 39.3 Å². The highest BCUT2D eigenvalue weighted by atomic mass is 19.1. The van der Waals surface area contributed by atoms with Gasteiger partial charge in [0.05, 0.1) is 6.10 Å². The summed E-state index contributed by atoms with van der Waals surface area (Å²) < 4.78 is 24.1. The van der Waals surface area contributed by atoms with Gasteiger partial charge in [0.2, 0.25) is 0 Å². The van der Waals surface area contributed by atoms with E-state index in [2.05, 4.69) is 5.32 Å². The lowest BCUT2D eigenvalue weighted by Crippen LogP contribution is -2.20. The summed E-state index contributed by atoms with van der Waals surface area (Å²) in [6.45, 7) is 7.91. The standard InChI is InChI=1S/C15H22FNO3/c1-5-17-11(4)13-7-6-12(8-14(13)16)19-9-15(18)20-10(2)3/h6-8,10-11,17H,5,9H2,1-4H3. The maximum atomic E-state index is 13.9. The number of carbonyl (C=O) groups is 1. The topological polar surface area (TPSA) is 47.6 Å². The number of benzene rings is 1. The highest BCUT2D eigenvalue weighted by molar-refractivity contribution is 5.71. The van der Waals surface area contributed by atoms with Crippen molar-refractivity contribution in [2.45, 2.75) is 39.8 Å². The molecule has 1 aromatic rings. The summed E-state index contributed by atoms with van der Waals surface area (Å²) in [7, 11) is 0. The number of esters is 1. The first-order chi connectivity index (χ1) is 9.43. The molecule has 4 nitrogen and oxygen atoms in total. The molecule has 0 aliphatic heterocycles. The van der Waals surface area contributed by atoms with E-state index in [1.807, 2.05) is 13.8 Å². The van der Waals surface area contributed by atoms with Gasteiger partial charge in [0, 0.05) is 17.7 Å². The van der Waals surface area contributed by atoms with Crippen LogP contribution in [-0.2, 0) is 9.53 Å². The second kappa shape index (κ2) is 7.85.